The summed E-state index contributed by atoms with van der Waals surface area (Å²) in [5, 5.41) is -0.507. The summed E-state index contributed by atoms with van der Waals surface area (Å²) >= 11 is 0. The molecule has 0 aliphatic carbocycles. The summed E-state index contributed by atoms with van der Waals surface area (Å²) < 4.78 is 30.7. The Morgan fingerprint density at radius 2 is 1.78 bits per heavy atom. The average Bonchev–Trinajstić information content (AvgIpc) is 2.46. The number of piperidine rings is 1. The molecule has 8 heteroatoms. The van der Waals surface area contributed by atoms with Crippen LogP contribution in [-0.2, 0) is 14.6 Å². The van der Waals surface area contributed by atoms with Gasteiger partial charge in [0.15, 0.2) is 14.9 Å². The highest BCUT2D eigenvalue weighted by Crippen LogP contribution is 2.25. The van der Waals surface area contributed by atoms with Gasteiger partial charge in [0.2, 0.25) is 0 Å². The van der Waals surface area contributed by atoms with Crippen LogP contribution in [0.3, 0.4) is 0 Å². The number of hydrogen-bond donors (Lipinski definition) is 0. The van der Waals surface area contributed by atoms with E-state index in [1.54, 1.807) is 32.6 Å². The van der Waals surface area contributed by atoms with Gasteiger partial charge in [-0.15, -0.1) is 0 Å². The second kappa shape index (κ2) is 6.43. The van der Waals surface area contributed by atoms with E-state index in [4.69, 9.17) is 4.74 Å². The van der Waals surface area contributed by atoms with Crippen LogP contribution >= 0.6 is 0 Å². The summed E-state index contributed by atoms with van der Waals surface area (Å²) in [7, 11) is -3.53. The maximum atomic E-state index is 12.7. The molecule has 1 aliphatic rings. The van der Waals surface area contributed by atoms with Crippen LogP contribution in [0.4, 0.5) is 4.79 Å². The van der Waals surface area contributed by atoms with Gasteiger partial charge in [0.25, 0.3) is 0 Å². The smallest absolute Gasteiger partial charge is 0.410 e. The Balaban J connectivity index is 2.04. The van der Waals surface area contributed by atoms with E-state index in [9.17, 15) is 13.2 Å². The van der Waals surface area contributed by atoms with Crippen molar-refractivity contribution < 1.29 is 17.9 Å². The first-order chi connectivity index (χ1) is 10.6. The van der Waals surface area contributed by atoms with E-state index in [1.165, 1.54) is 12.4 Å². The maximum Gasteiger partial charge on any atom is 0.410 e. The van der Waals surface area contributed by atoms with Crippen LogP contribution in [0, 0.1) is 6.92 Å². The van der Waals surface area contributed by atoms with Gasteiger partial charge in [0, 0.05) is 25.5 Å². The number of aryl methyl sites for hydroxylation is 1. The molecule has 0 spiro atoms. The van der Waals surface area contributed by atoms with Crippen LogP contribution in [-0.4, -0.2) is 53.3 Å². The van der Waals surface area contributed by atoms with Crippen molar-refractivity contribution in [2.24, 2.45) is 0 Å². The predicted octanol–water partition coefficient (Wildman–Crippen LogP) is 1.96. The molecule has 0 aromatic carbocycles. The first-order valence-electron chi connectivity index (χ1n) is 7.61. The first-order valence-corrected chi connectivity index (χ1v) is 9.15. The minimum Gasteiger partial charge on any atom is -0.444 e. The lowest BCUT2D eigenvalue weighted by atomic mass is 10.1. The van der Waals surface area contributed by atoms with Crippen molar-refractivity contribution in [1.82, 2.24) is 14.9 Å². The third-order valence-corrected chi connectivity index (χ3v) is 5.93. The van der Waals surface area contributed by atoms with Gasteiger partial charge in [-0.3, -0.25) is 4.98 Å². The van der Waals surface area contributed by atoms with E-state index in [0.29, 0.717) is 31.6 Å². The van der Waals surface area contributed by atoms with Crippen LogP contribution in [0.25, 0.3) is 0 Å². The van der Waals surface area contributed by atoms with Gasteiger partial charge in [-0.1, -0.05) is 0 Å². The van der Waals surface area contributed by atoms with Gasteiger partial charge in [-0.2, -0.15) is 0 Å². The molecular weight excluding hydrogens is 318 g/mol. The number of carbonyl (C=O) groups excluding carboxylic acids is 1. The van der Waals surface area contributed by atoms with Crippen LogP contribution in [0.5, 0.6) is 0 Å². The van der Waals surface area contributed by atoms with Crippen LogP contribution < -0.4 is 0 Å². The number of ether oxygens (including phenoxy) is 1. The zero-order chi connectivity index (χ0) is 17.3. The van der Waals surface area contributed by atoms with Gasteiger partial charge in [0.05, 0.1) is 10.9 Å². The maximum absolute atomic E-state index is 12.7. The second-order valence-electron chi connectivity index (χ2n) is 6.66. The van der Waals surface area contributed by atoms with E-state index >= 15 is 0 Å². The Bertz CT molecular complexity index is 674. The molecule has 23 heavy (non-hydrogen) atoms. The molecule has 1 aliphatic heterocycles. The summed E-state index contributed by atoms with van der Waals surface area (Å²) in [4.78, 5) is 21.6. The van der Waals surface area contributed by atoms with Crippen LogP contribution in [0.2, 0.25) is 0 Å². The highest BCUT2D eigenvalue weighted by molar-refractivity contribution is 7.92. The normalized spacial score (nSPS) is 17.1. The molecule has 1 aromatic heterocycles. The number of sulfone groups is 1. The summed E-state index contributed by atoms with van der Waals surface area (Å²) in [6, 6.07) is 0. The molecule has 0 saturated carbocycles. The van der Waals surface area contributed by atoms with E-state index in [-0.39, 0.29) is 5.03 Å². The fourth-order valence-electron chi connectivity index (χ4n) is 2.51. The molecule has 0 atom stereocenters. The SMILES string of the molecule is Cc1nccnc1S(=O)(=O)C1CCN(C(=O)OC(C)(C)C)CC1. The van der Waals surface area contributed by atoms with E-state index < -0.39 is 26.8 Å². The number of carbonyl (C=O) groups is 1. The largest absolute Gasteiger partial charge is 0.444 e. The lowest BCUT2D eigenvalue weighted by molar-refractivity contribution is 0.0217. The molecule has 0 N–H and O–H groups in total. The monoisotopic (exact) mass is 341 g/mol. The van der Waals surface area contributed by atoms with Crippen molar-refractivity contribution in [2.45, 2.75) is 56.4 Å². The topological polar surface area (TPSA) is 89.5 Å². The fourth-order valence-corrected chi connectivity index (χ4v) is 4.33. The number of amides is 1. The quantitative estimate of drug-likeness (QED) is 0.817. The van der Waals surface area contributed by atoms with Crippen molar-refractivity contribution in [3.05, 3.63) is 18.1 Å². The summed E-state index contributed by atoms with van der Waals surface area (Å²) in [5.41, 5.74) is -0.154. The molecule has 2 heterocycles. The number of nitrogens with zero attached hydrogens (tertiary/aromatic N) is 3. The van der Waals surface area contributed by atoms with E-state index in [1.807, 2.05) is 0 Å². The van der Waals surface area contributed by atoms with Gasteiger partial charge in [0.1, 0.15) is 5.60 Å². The molecule has 128 valence electrons. The fraction of sp³-hybridized carbons (Fsp3) is 0.667. The van der Waals surface area contributed by atoms with Gasteiger partial charge >= 0.3 is 6.09 Å². The molecule has 1 fully saturated rings. The zero-order valence-electron chi connectivity index (χ0n) is 13.9. The standard InChI is InChI=1S/C15H23N3O4S/c1-11-13(17-8-7-16-11)23(20,21)12-5-9-18(10-6-12)14(19)22-15(2,3)4/h7-8,12H,5-6,9-10H2,1-4H3. The summed E-state index contributed by atoms with van der Waals surface area (Å²) in [6.45, 7) is 7.77. The highest BCUT2D eigenvalue weighted by Gasteiger charge is 2.35. The minimum atomic E-state index is -3.53. The molecule has 0 unspecified atom stereocenters. The number of rotatable bonds is 2. The molecule has 2 rings (SSSR count). The third kappa shape index (κ3) is 4.19. The van der Waals surface area contributed by atoms with Crippen molar-refractivity contribution in [2.75, 3.05) is 13.1 Å². The van der Waals surface area contributed by atoms with Crippen molar-refractivity contribution in [1.29, 1.82) is 0 Å². The average molecular weight is 341 g/mol. The zero-order valence-corrected chi connectivity index (χ0v) is 14.8. The molecular formula is C15H23N3O4S. The summed E-state index contributed by atoms with van der Waals surface area (Å²) in [5.74, 6) is 0. The number of aromatic nitrogens is 2. The number of likely N-dealkylation sites (tertiary alicyclic amines) is 1. The molecule has 0 radical (unpaired) electrons. The minimum absolute atomic E-state index is 0.0377. The van der Waals surface area contributed by atoms with Crippen LogP contribution in [0.1, 0.15) is 39.3 Å². The van der Waals surface area contributed by atoms with E-state index in [0.717, 1.165) is 0 Å². The molecule has 7 nitrogen and oxygen atoms in total. The van der Waals surface area contributed by atoms with Gasteiger partial charge in [-0.25, -0.2) is 18.2 Å². The Kier molecular flexibility index (Phi) is 4.93. The lowest BCUT2D eigenvalue weighted by Crippen LogP contribution is -2.44. The predicted molar refractivity (Wildman–Crippen MR) is 84.8 cm³/mol. The van der Waals surface area contributed by atoms with Gasteiger partial charge < -0.3 is 9.64 Å². The molecule has 1 saturated heterocycles. The summed E-state index contributed by atoms with van der Waals surface area (Å²) in [6.07, 6.45) is 3.20. The lowest BCUT2D eigenvalue weighted by Gasteiger charge is -2.33. The Morgan fingerprint density at radius 1 is 1.22 bits per heavy atom. The van der Waals surface area contributed by atoms with Crippen LogP contribution in [0.15, 0.2) is 17.4 Å². The molecule has 0 bridgehead atoms. The molecule has 1 aromatic rings. The first kappa shape index (κ1) is 17.7. The van der Waals surface area contributed by atoms with Gasteiger partial charge in [-0.05, 0) is 40.5 Å². The Labute approximate surface area is 137 Å². The Hall–Kier alpha value is -1.70. The second-order valence-corrected chi connectivity index (χ2v) is 8.80. The Morgan fingerprint density at radius 3 is 2.30 bits per heavy atom. The third-order valence-electron chi connectivity index (χ3n) is 3.64. The van der Waals surface area contributed by atoms with Crippen molar-refractivity contribution in [3.8, 4) is 0 Å². The van der Waals surface area contributed by atoms with Crippen molar-refractivity contribution >= 4 is 15.9 Å². The van der Waals surface area contributed by atoms with Crippen molar-refractivity contribution in [3.63, 3.8) is 0 Å². The number of hydrogen-bond acceptors (Lipinski definition) is 6. The highest BCUT2D eigenvalue weighted by atomic mass is 32.2. The molecule has 1 amide bonds. The van der Waals surface area contributed by atoms with E-state index in [2.05, 4.69) is 9.97 Å².